The number of hydrogen-bond acceptors (Lipinski definition) is 4. The molecule has 0 bridgehead atoms. The van der Waals surface area contributed by atoms with Crippen LogP contribution >= 0.6 is 0 Å². The number of rotatable bonds is 6. The van der Waals surface area contributed by atoms with Crippen molar-refractivity contribution < 1.29 is 18.3 Å². The highest BCUT2D eigenvalue weighted by Crippen LogP contribution is 2.14. The van der Waals surface area contributed by atoms with Gasteiger partial charge in [-0.3, -0.25) is 4.79 Å². The number of amides is 1. The molecule has 118 valence electrons. The number of ether oxygens (including phenoxy) is 1. The first-order valence-electron chi connectivity index (χ1n) is 7.18. The molecular formula is C17H15FN2O3. The minimum absolute atomic E-state index is 0.103. The average molecular weight is 314 g/mol. The van der Waals surface area contributed by atoms with Crippen molar-refractivity contribution in [1.82, 2.24) is 10.3 Å². The number of benzene rings is 2. The van der Waals surface area contributed by atoms with E-state index in [1.54, 1.807) is 0 Å². The summed E-state index contributed by atoms with van der Waals surface area (Å²) in [4.78, 5) is 15.8. The zero-order chi connectivity index (χ0) is 16.1. The Balaban J connectivity index is 1.42. The summed E-state index contributed by atoms with van der Waals surface area (Å²) in [6.07, 6.45) is 2.09. The predicted octanol–water partition coefficient (Wildman–Crippen LogP) is 2.70. The molecule has 0 saturated carbocycles. The van der Waals surface area contributed by atoms with Crippen molar-refractivity contribution in [3.05, 3.63) is 60.2 Å². The second kappa shape index (κ2) is 6.91. The molecule has 0 aliphatic carbocycles. The predicted molar refractivity (Wildman–Crippen MR) is 82.6 cm³/mol. The van der Waals surface area contributed by atoms with Gasteiger partial charge in [0.25, 0.3) is 5.91 Å². The zero-order valence-corrected chi connectivity index (χ0v) is 12.3. The third kappa shape index (κ3) is 4.06. The van der Waals surface area contributed by atoms with E-state index in [1.165, 1.54) is 30.7 Å². The molecule has 1 heterocycles. The van der Waals surface area contributed by atoms with Crippen LogP contribution in [0.4, 0.5) is 4.39 Å². The maximum absolute atomic E-state index is 12.7. The van der Waals surface area contributed by atoms with Gasteiger partial charge in [-0.25, -0.2) is 9.37 Å². The largest absolute Gasteiger partial charge is 0.484 e. The molecule has 3 aromatic rings. The fraction of sp³-hybridized carbons (Fsp3) is 0.176. The second-order valence-electron chi connectivity index (χ2n) is 5.00. The van der Waals surface area contributed by atoms with Crippen LogP contribution in [-0.2, 0) is 11.2 Å². The van der Waals surface area contributed by atoms with Gasteiger partial charge >= 0.3 is 0 Å². The third-order valence-electron chi connectivity index (χ3n) is 3.31. The number of aromatic nitrogens is 1. The maximum atomic E-state index is 12.7. The first-order valence-corrected chi connectivity index (χ1v) is 7.18. The summed E-state index contributed by atoms with van der Waals surface area (Å²) in [6.45, 7) is 0.392. The number of nitrogens with one attached hydrogen (secondary N) is 1. The van der Waals surface area contributed by atoms with E-state index in [0.717, 1.165) is 16.7 Å². The standard InChI is InChI=1S/C17H15FN2O3/c18-13-2-4-14(5-3-13)22-10-17(21)19-8-7-12-1-6-16-15(9-12)20-11-23-16/h1-6,9,11H,7-8,10H2,(H,19,21). The van der Waals surface area contributed by atoms with Crippen LogP contribution in [0.1, 0.15) is 5.56 Å². The van der Waals surface area contributed by atoms with E-state index >= 15 is 0 Å². The highest BCUT2D eigenvalue weighted by Gasteiger charge is 2.04. The molecule has 0 spiro atoms. The minimum Gasteiger partial charge on any atom is -0.484 e. The summed E-state index contributed by atoms with van der Waals surface area (Å²) in [5.41, 5.74) is 2.60. The SMILES string of the molecule is O=C(COc1ccc(F)cc1)NCCc1ccc2ocnc2c1. The van der Waals surface area contributed by atoms with Crippen LogP contribution in [0.5, 0.6) is 5.75 Å². The smallest absolute Gasteiger partial charge is 0.257 e. The monoisotopic (exact) mass is 314 g/mol. The Kier molecular flexibility index (Phi) is 4.52. The van der Waals surface area contributed by atoms with E-state index in [2.05, 4.69) is 10.3 Å². The van der Waals surface area contributed by atoms with Crippen molar-refractivity contribution in [2.45, 2.75) is 6.42 Å². The Hall–Kier alpha value is -2.89. The Labute approximate surface area is 132 Å². The number of nitrogens with zero attached hydrogens (tertiary/aromatic N) is 1. The second-order valence-corrected chi connectivity index (χ2v) is 5.00. The van der Waals surface area contributed by atoms with Gasteiger partial charge in [0.15, 0.2) is 18.6 Å². The molecule has 1 aromatic heterocycles. The van der Waals surface area contributed by atoms with Crippen LogP contribution in [0, 0.1) is 5.82 Å². The molecule has 0 aliphatic rings. The molecule has 0 unspecified atom stereocenters. The fourth-order valence-corrected chi connectivity index (χ4v) is 2.14. The number of halogens is 1. The van der Waals surface area contributed by atoms with Gasteiger partial charge in [0.2, 0.25) is 0 Å². The van der Waals surface area contributed by atoms with Crippen LogP contribution in [0.15, 0.2) is 53.3 Å². The molecule has 6 heteroatoms. The van der Waals surface area contributed by atoms with Gasteiger partial charge in [-0.05, 0) is 48.4 Å². The lowest BCUT2D eigenvalue weighted by Crippen LogP contribution is -2.30. The normalized spacial score (nSPS) is 10.7. The number of oxazole rings is 1. The van der Waals surface area contributed by atoms with E-state index in [1.807, 2.05) is 18.2 Å². The highest BCUT2D eigenvalue weighted by atomic mass is 19.1. The molecule has 23 heavy (non-hydrogen) atoms. The molecule has 1 amide bonds. The molecule has 1 N–H and O–H groups in total. The van der Waals surface area contributed by atoms with Gasteiger partial charge in [0.1, 0.15) is 17.1 Å². The molecule has 0 atom stereocenters. The van der Waals surface area contributed by atoms with E-state index in [4.69, 9.17) is 9.15 Å². The van der Waals surface area contributed by atoms with Crippen molar-refractivity contribution in [1.29, 1.82) is 0 Å². The van der Waals surface area contributed by atoms with Crippen LogP contribution in [0.2, 0.25) is 0 Å². The Morgan fingerprint density at radius 2 is 2.04 bits per heavy atom. The highest BCUT2D eigenvalue weighted by molar-refractivity contribution is 5.77. The quantitative estimate of drug-likeness (QED) is 0.760. The van der Waals surface area contributed by atoms with Crippen molar-refractivity contribution in [2.24, 2.45) is 0 Å². The topological polar surface area (TPSA) is 64.4 Å². The lowest BCUT2D eigenvalue weighted by atomic mass is 10.1. The third-order valence-corrected chi connectivity index (χ3v) is 3.31. The molecule has 5 nitrogen and oxygen atoms in total. The zero-order valence-electron chi connectivity index (χ0n) is 12.3. The van der Waals surface area contributed by atoms with Crippen molar-refractivity contribution in [2.75, 3.05) is 13.2 Å². The molecular weight excluding hydrogens is 299 g/mol. The van der Waals surface area contributed by atoms with E-state index in [9.17, 15) is 9.18 Å². The lowest BCUT2D eigenvalue weighted by molar-refractivity contribution is -0.123. The molecule has 0 aliphatic heterocycles. The Morgan fingerprint density at radius 3 is 2.87 bits per heavy atom. The maximum Gasteiger partial charge on any atom is 0.257 e. The van der Waals surface area contributed by atoms with Crippen LogP contribution in [-0.4, -0.2) is 24.0 Å². The molecule has 0 fully saturated rings. The van der Waals surface area contributed by atoms with Crippen LogP contribution < -0.4 is 10.1 Å². The van der Waals surface area contributed by atoms with Gasteiger partial charge in [-0.15, -0.1) is 0 Å². The van der Waals surface area contributed by atoms with Crippen LogP contribution in [0.25, 0.3) is 11.1 Å². The summed E-state index contributed by atoms with van der Waals surface area (Å²) in [7, 11) is 0. The van der Waals surface area contributed by atoms with E-state index < -0.39 is 0 Å². The van der Waals surface area contributed by atoms with Crippen molar-refractivity contribution in [3.8, 4) is 5.75 Å². The number of carbonyl (C=O) groups is 1. The van der Waals surface area contributed by atoms with Gasteiger partial charge in [-0.2, -0.15) is 0 Å². The van der Waals surface area contributed by atoms with E-state index in [0.29, 0.717) is 18.7 Å². The lowest BCUT2D eigenvalue weighted by Gasteiger charge is -2.07. The van der Waals surface area contributed by atoms with Gasteiger partial charge < -0.3 is 14.5 Å². The number of hydrogen-bond donors (Lipinski definition) is 1. The minimum atomic E-state index is -0.342. The Bertz CT molecular complexity index is 799. The first-order chi connectivity index (χ1) is 11.2. The Morgan fingerprint density at radius 1 is 1.22 bits per heavy atom. The van der Waals surface area contributed by atoms with Gasteiger partial charge in [0, 0.05) is 6.54 Å². The number of fused-ring (bicyclic) bond motifs is 1. The summed E-state index contributed by atoms with van der Waals surface area (Å²) in [5, 5.41) is 2.77. The van der Waals surface area contributed by atoms with E-state index in [-0.39, 0.29) is 18.3 Å². The van der Waals surface area contributed by atoms with Crippen molar-refractivity contribution in [3.63, 3.8) is 0 Å². The molecule has 2 aromatic carbocycles. The summed E-state index contributed by atoms with van der Waals surface area (Å²) in [5.74, 6) is -0.110. The summed E-state index contributed by atoms with van der Waals surface area (Å²) >= 11 is 0. The van der Waals surface area contributed by atoms with Crippen LogP contribution in [0.3, 0.4) is 0 Å². The van der Waals surface area contributed by atoms with Gasteiger partial charge in [0.05, 0.1) is 0 Å². The fourth-order valence-electron chi connectivity index (χ4n) is 2.14. The van der Waals surface area contributed by atoms with Crippen molar-refractivity contribution >= 4 is 17.0 Å². The first kappa shape index (κ1) is 15.0. The van der Waals surface area contributed by atoms with Gasteiger partial charge in [-0.1, -0.05) is 6.07 Å². The summed E-state index contributed by atoms with van der Waals surface area (Å²) in [6, 6.07) is 11.3. The molecule has 0 radical (unpaired) electrons. The summed E-state index contributed by atoms with van der Waals surface area (Å²) < 4.78 is 23.2. The number of carbonyl (C=O) groups excluding carboxylic acids is 1. The molecule has 0 saturated heterocycles. The average Bonchev–Trinajstić information content (AvgIpc) is 3.02. The molecule has 3 rings (SSSR count).